The Balaban J connectivity index is 1.62. The molecule has 2 aliphatic rings. The first-order valence-electron chi connectivity index (χ1n) is 8.44. The molecule has 9 heteroatoms. The van der Waals surface area contributed by atoms with E-state index in [-0.39, 0.29) is 24.8 Å². The van der Waals surface area contributed by atoms with E-state index >= 15 is 0 Å². The highest BCUT2D eigenvalue weighted by atomic mass is 32.2. The minimum absolute atomic E-state index is 0.104. The number of cyclic esters (lactones) is 1. The van der Waals surface area contributed by atoms with E-state index in [2.05, 4.69) is 5.32 Å². The minimum Gasteiger partial charge on any atom is -0.442 e. The minimum atomic E-state index is -0.535. The normalized spacial score (nSPS) is 20.2. The zero-order valence-corrected chi connectivity index (χ0v) is 15.4. The summed E-state index contributed by atoms with van der Waals surface area (Å²) in [5, 5.41) is 2.73. The van der Waals surface area contributed by atoms with E-state index in [1.165, 1.54) is 22.7 Å². The lowest BCUT2D eigenvalue weighted by molar-refractivity contribution is -0.118. The molecule has 2 amide bonds. The number of nitrogens with zero attached hydrogens (tertiary/aromatic N) is 2. The van der Waals surface area contributed by atoms with Gasteiger partial charge in [-0.05, 0) is 24.5 Å². The van der Waals surface area contributed by atoms with Crippen molar-refractivity contribution >= 4 is 35.1 Å². The molecule has 1 atom stereocenters. The average molecular weight is 383 g/mol. The Kier molecular flexibility index (Phi) is 6.20. The van der Waals surface area contributed by atoms with Gasteiger partial charge in [0.1, 0.15) is 11.9 Å². The molecule has 142 valence electrons. The van der Waals surface area contributed by atoms with E-state index in [1.807, 2.05) is 11.2 Å². The summed E-state index contributed by atoms with van der Waals surface area (Å²) < 4.78 is 25.1. The molecule has 0 saturated carbocycles. The first-order valence-corrected chi connectivity index (χ1v) is 9.84. The summed E-state index contributed by atoms with van der Waals surface area (Å²) in [7, 11) is 0. The number of morpholine rings is 1. The zero-order chi connectivity index (χ0) is 18.5. The predicted octanol–water partition coefficient (Wildman–Crippen LogP) is 1.47. The lowest BCUT2D eigenvalue weighted by Gasteiger charge is -2.29. The van der Waals surface area contributed by atoms with Gasteiger partial charge >= 0.3 is 6.09 Å². The van der Waals surface area contributed by atoms with Crippen LogP contribution in [0.4, 0.5) is 20.6 Å². The lowest BCUT2D eigenvalue weighted by atomic mass is 10.2. The molecule has 1 unspecified atom stereocenters. The quantitative estimate of drug-likeness (QED) is 0.802. The topological polar surface area (TPSA) is 71.1 Å². The van der Waals surface area contributed by atoms with Crippen LogP contribution in [0.1, 0.15) is 0 Å². The second-order valence-electron chi connectivity index (χ2n) is 6.09. The maximum Gasteiger partial charge on any atom is 0.414 e. The van der Waals surface area contributed by atoms with Gasteiger partial charge in [-0.15, -0.1) is 0 Å². The Bertz CT molecular complexity index is 669. The third-order valence-electron chi connectivity index (χ3n) is 4.27. The first kappa shape index (κ1) is 18.8. The number of carbonyl (C=O) groups is 2. The second kappa shape index (κ2) is 8.59. The number of amides is 2. The number of hydrogen-bond acceptors (Lipinski definition) is 6. The van der Waals surface area contributed by atoms with Crippen LogP contribution >= 0.6 is 11.8 Å². The number of ether oxygens (including phenoxy) is 2. The molecule has 0 spiro atoms. The Morgan fingerprint density at radius 1 is 1.38 bits per heavy atom. The van der Waals surface area contributed by atoms with Crippen molar-refractivity contribution in [2.45, 2.75) is 6.10 Å². The number of hydrogen-bond donors (Lipinski definition) is 1. The smallest absolute Gasteiger partial charge is 0.414 e. The summed E-state index contributed by atoms with van der Waals surface area (Å²) in [5.41, 5.74) is 0.952. The molecule has 1 aromatic rings. The Labute approximate surface area is 155 Å². The zero-order valence-electron chi connectivity index (χ0n) is 14.6. The van der Waals surface area contributed by atoms with Crippen LogP contribution in [0.3, 0.4) is 0 Å². The molecule has 1 N–H and O–H groups in total. The van der Waals surface area contributed by atoms with Gasteiger partial charge in [-0.2, -0.15) is 11.8 Å². The van der Waals surface area contributed by atoms with Crippen molar-refractivity contribution in [3.8, 4) is 0 Å². The second-order valence-corrected chi connectivity index (χ2v) is 6.95. The molecule has 0 radical (unpaired) electrons. The van der Waals surface area contributed by atoms with Crippen LogP contribution < -0.4 is 15.1 Å². The van der Waals surface area contributed by atoms with E-state index in [1.54, 1.807) is 12.1 Å². The third-order valence-corrected chi connectivity index (χ3v) is 4.82. The molecule has 7 nitrogen and oxygen atoms in total. The van der Waals surface area contributed by atoms with Crippen LogP contribution in [0.15, 0.2) is 18.2 Å². The van der Waals surface area contributed by atoms with Gasteiger partial charge in [0.25, 0.3) is 0 Å². The van der Waals surface area contributed by atoms with Gasteiger partial charge in [0.2, 0.25) is 5.91 Å². The van der Waals surface area contributed by atoms with Crippen molar-refractivity contribution in [2.24, 2.45) is 0 Å². The highest BCUT2D eigenvalue weighted by Crippen LogP contribution is 2.28. The van der Waals surface area contributed by atoms with Crippen molar-refractivity contribution in [3.05, 3.63) is 24.0 Å². The summed E-state index contributed by atoms with van der Waals surface area (Å²) in [6, 6.07) is 4.74. The fraction of sp³-hybridized carbons (Fsp3) is 0.529. The number of rotatable bonds is 6. The fourth-order valence-corrected chi connectivity index (χ4v) is 3.34. The van der Waals surface area contributed by atoms with E-state index < -0.39 is 12.2 Å². The van der Waals surface area contributed by atoms with Gasteiger partial charge in [0, 0.05) is 13.1 Å². The number of thioether (sulfide) groups is 1. The summed E-state index contributed by atoms with van der Waals surface area (Å²) in [4.78, 5) is 26.9. The summed E-state index contributed by atoms with van der Waals surface area (Å²) in [6.45, 7) is 2.94. The Morgan fingerprint density at radius 3 is 2.85 bits per heavy atom. The first-order chi connectivity index (χ1) is 12.6. The Morgan fingerprint density at radius 2 is 2.15 bits per heavy atom. The van der Waals surface area contributed by atoms with Crippen molar-refractivity contribution in [3.63, 3.8) is 0 Å². The van der Waals surface area contributed by atoms with E-state index in [4.69, 9.17) is 9.47 Å². The monoisotopic (exact) mass is 383 g/mol. The molecule has 26 heavy (non-hydrogen) atoms. The molecule has 3 rings (SSSR count). The van der Waals surface area contributed by atoms with E-state index in [0.29, 0.717) is 43.4 Å². The highest BCUT2D eigenvalue weighted by molar-refractivity contribution is 7.99. The molecule has 0 bridgehead atoms. The van der Waals surface area contributed by atoms with Gasteiger partial charge in [-0.25, -0.2) is 9.18 Å². The summed E-state index contributed by atoms with van der Waals surface area (Å²) in [6.07, 6.45) is 0.856. The van der Waals surface area contributed by atoms with Crippen LogP contribution in [-0.2, 0) is 14.3 Å². The van der Waals surface area contributed by atoms with Gasteiger partial charge in [0.05, 0.1) is 43.4 Å². The maximum atomic E-state index is 14.5. The maximum absolute atomic E-state index is 14.5. The van der Waals surface area contributed by atoms with Gasteiger partial charge in [-0.3, -0.25) is 9.69 Å². The predicted molar refractivity (Wildman–Crippen MR) is 98.4 cm³/mol. The van der Waals surface area contributed by atoms with Crippen LogP contribution in [0.5, 0.6) is 0 Å². The van der Waals surface area contributed by atoms with Crippen molar-refractivity contribution < 1.29 is 23.5 Å². The molecule has 0 aliphatic carbocycles. The molecular weight excluding hydrogens is 361 g/mol. The lowest BCUT2D eigenvalue weighted by Crippen LogP contribution is -2.37. The molecule has 2 aliphatic heterocycles. The fourth-order valence-electron chi connectivity index (χ4n) is 2.97. The molecule has 2 fully saturated rings. The molecular formula is C17H22FN3O4S. The third kappa shape index (κ3) is 4.39. The summed E-state index contributed by atoms with van der Waals surface area (Å²) >= 11 is 1.42. The molecule has 2 heterocycles. The number of nitrogens with one attached hydrogen (secondary N) is 1. The van der Waals surface area contributed by atoms with Gasteiger partial charge < -0.3 is 19.7 Å². The number of carbonyl (C=O) groups excluding carboxylic acids is 2. The standard InChI is InChI=1S/C17H22FN3O4S/c1-26-11-16(22)19-9-13-10-21(17(23)25-13)12-2-3-15(14(18)8-12)20-4-6-24-7-5-20/h2-3,8,13H,4-7,9-11H2,1H3,(H,19,22). The van der Waals surface area contributed by atoms with Gasteiger partial charge in [0.15, 0.2) is 0 Å². The average Bonchev–Trinajstić information content (AvgIpc) is 3.02. The van der Waals surface area contributed by atoms with E-state index in [0.717, 1.165) is 0 Å². The van der Waals surface area contributed by atoms with Crippen molar-refractivity contribution in [1.82, 2.24) is 5.32 Å². The molecule has 2 saturated heterocycles. The largest absolute Gasteiger partial charge is 0.442 e. The van der Waals surface area contributed by atoms with Crippen molar-refractivity contribution in [1.29, 1.82) is 0 Å². The Hall–Kier alpha value is -2.00. The van der Waals surface area contributed by atoms with Crippen LogP contribution in [0.25, 0.3) is 0 Å². The van der Waals surface area contributed by atoms with Gasteiger partial charge in [-0.1, -0.05) is 0 Å². The van der Waals surface area contributed by atoms with Crippen LogP contribution in [0, 0.1) is 5.82 Å². The van der Waals surface area contributed by atoms with Crippen LogP contribution in [0.2, 0.25) is 0 Å². The molecule has 1 aromatic carbocycles. The van der Waals surface area contributed by atoms with Crippen LogP contribution in [-0.4, -0.2) is 69.5 Å². The molecule has 0 aromatic heterocycles. The SMILES string of the molecule is CSCC(=O)NCC1CN(c2ccc(N3CCOCC3)c(F)c2)C(=O)O1. The number of benzene rings is 1. The summed E-state index contributed by atoms with van der Waals surface area (Å²) in [5.74, 6) is -0.125. The number of anilines is 2. The van der Waals surface area contributed by atoms with Crippen molar-refractivity contribution in [2.75, 3.05) is 61.2 Å². The van der Waals surface area contributed by atoms with E-state index in [9.17, 15) is 14.0 Å². The number of halogens is 1. The highest BCUT2D eigenvalue weighted by Gasteiger charge is 2.33.